The molecule has 2 atom stereocenters. The minimum absolute atomic E-state index is 0.0649. The van der Waals surface area contributed by atoms with Gasteiger partial charge in [-0.1, -0.05) is 67.1 Å². The van der Waals surface area contributed by atoms with Crippen LogP contribution in [-0.2, 0) is 16.1 Å². The summed E-state index contributed by atoms with van der Waals surface area (Å²) in [7, 11) is 0. The Bertz CT molecular complexity index is 1060. The van der Waals surface area contributed by atoms with E-state index >= 15 is 0 Å². The number of hydrogen-bond acceptors (Lipinski definition) is 5. The molecule has 0 spiro atoms. The van der Waals surface area contributed by atoms with E-state index in [1.807, 2.05) is 69.3 Å². The first-order valence-electron chi connectivity index (χ1n) is 10.6. The molecule has 2 aromatic carbocycles. The van der Waals surface area contributed by atoms with Crippen LogP contribution in [0.5, 0.6) is 0 Å². The van der Waals surface area contributed by atoms with Gasteiger partial charge in [-0.2, -0.15) is 0 Å². The zero-order chi connectivity index (χ0) is 22.0. The second-order valence-corrected chi connectivity index (χ2v) is 9.11. The Balaban J connectivity index is 1.51. The number of benzene rings is 2. The molecule has 2 amide bonds. The Hall–Kier alpha value is -2.93. The number of para-hydroxylation sites is 1. The normalized spacial score (nSPS) is 18.1. The van der Waals surface area contributed by atoms with Crippen LogP contribution in [-0.4, -0.2) is 39.0 Å². The largest absolute Gasteiger partial charge is 0.351 e. The van der Waals surface area contributed by atoms with E-state index in [9.17, 15) is 9.59 Å². The zero-order valence-electron chi connectivity index (χ0n) is 18.0. The summed E-state index contributed by atoms with van der Waals surface area (Å²) in [4.78, 5) is 36.8. The first-order valence-corrected chi connectivity index (χ1v) is 11.5. The van der Waals surface area contributed by atoms with E-state index in [2.05, 4.69) is 5.32 Å². The van der Waals surface area contributed by atoms with E-state index in [4.69, 9.17) is 9.98 Å². The summed E-state index contributed by atoms with van der Waals surface area (Å²) in [6.07, 6.45) is 1.58. The lowest BCUT2D eigenvalue weighted by atomic mass is 10.1. The molecule has 2 aromatic rings. The third-order valence-electron chi connectivity index (χ3n) is 5.35. The van der Waals surface area contributed by atoms with E-state index in [0.717, 1.165) is 23.2 Å². The van der Waals surface area contributed by atoms with E-state index < -0.39 is 5.25 Å². The SMILES string of the molecule is CCC[C@@H]1N=C2c3ccccc3N=C(S[C@H](C)C(=O)NCc3ccc(C)cc3)N2C1=O. The number of aliphatic imine (C=N–C) groups is 2. The Morgan fingerprint density at radius 3 is 2.68 bits per heavy atom. The third-order valence-corrected chi connectivity index (χ3v) is 6.40. The van der Waals surface area contributed by atoms with Crippen molar-refractivity contribution in [2.24, 2.45) is 9.98 Å². The van der Waals surface area contributed by atoms with Crippen LogP contribution in [0.2, 0.25) is 0 Å². The maximum atomic E-state index is 13.1. The summed E-state index contributed by atoms with van der Waals surface area (Å²) >= 11 is 1.29. The van der Waals surface area contributed by atoms with Gasteiger partial charge in [0.05, 0.1) is 10.9 Å². The molecule has 0 saturated heterocycles. The summed E-state index contributed by atoms with van der Waals surface area (Å²) in [6.45, 7) is 6.38. The van der Waals surface area contributed by atoms with Crippen molar-refractivity contribution < 1.29 is 9.59 Å². The minimum Gasteiger partial charge on any atom is -0.351 e. The number of aryl methyl sites for hydroxylation is 1. The predicted octanol–water partition coefficient (Wildman–Crippen LogP) is 4.19. The van der Waals surface area contributed by atoms with Gasteiger partial charge in [-0.25, -0.2) is 9.89 Å². The Labute approximate surface area is 186 Å². The molecule has 1 N–H and O–H groups in total. The van der Waals surface area contributed by atoms with Crippen LogP contribution < -0.4 is 5.32 Å². The molecular weight excluding hydrogens is 408 g/mol. The fourth-order valence-electron chi connectivity index (χ4n) is 3.59. The highest BCUT2D eigenvalue weighted by Gasteiger charge is 2.41. The van der Waals surface area contributed by atoms with Gasteiger partial charge in [0.25, 0.3) is 5.91 Å². The Kier molecular flexibility index (Phi) is 6.23. The minimum atomic E-state index is -0.409. The van der Waals surface area contributed by atoms with Crippen molar-refractivity contribution in [3.63, 3.8) is 0 Å². The molecule has 2 aliphatic rings. The predicted molar refractivity (Wildman–Crippen MR) is 126 cm³/mol. The van der Waals surface area contributed by atoms with Gasteiger partial charge in [0, 0.05) is 12.1 Å². The number of rotatable bonds is 6. The molecule has 0 saturated carbocycles. The van der Waals surface area contributed by atoms with Crippen LogP contribution in [0.1, 0.15) is 43.4 Å². The molecule has 4 rings (SSSR count). The number of nitrogens with one attached hydrogen (secondary N) is 1. The van der Waals surface area contributed by atoms with E-state index in [0.29, 0.717) is 24.0 Å². The monoisotopic (exact) mass is 434 g/mol. The number of fused-ring (bicyclic) bond motifs is 3. The Morgan fingerprint density at radius 1 is 1.19 bits per heavy atom. The van der Waals surface area contributed by atoms with Crippen molar-refractivity contribution in [1.82, 2.24) is 10.2 Å². The van der Waals surface area contributed by atoms with Gasteiger partial charge in [0.1, 0.15) is 11.9 Å². The third kappa shape index (κ3) is 4.42. The average Bonchev–Trinajstić information content (AvgIpc) is 3.10. The molecule has 2 aliphatic heterocycles. The maximum absolute atomic E-state index is 13.1. The zero-order valence-corrected chi connectivity index (χ0v) is 18.8. The van der Waals surface area contributed by atoms with E-state index in [1.165, 1.54) is 17.3 Å². The fourth-order valence-corrected chi connectivity index (χ4v) is 4.53. The van der Waals surface area contributed by atoms with Crippen LogP contribution >= 0.6 is 11.8 Å². The fraction of sp³-hybridized carbons (Fsp3) is 0.333. The number of hydrogen-bond donors (Lipinski definition) is 1. The van der Waals surface area contributed by atoms with Crippen LogP contribution in [0, 0.1) is 6.92 Å². The van der Waals surface area contributed by atoms with Gasteiger partial charge in [-0.3, -0.25) is 14.6 Å². The highest BCUT2D eigenvalue weighted by atomic mass is 32.2. The topological polar surface area (TPSA) is 74.1 Å². The second-order valence-electron chi connectivity index (χ2n) is 7.81. The molecular formula is C24H26N4O2S. The van der Waals surface area contributed by atoms with Crippen molar-refractivity contribution in [1.29, 1.82) is 0 Å². The maximum Gasteiger partial charge on any atom is 0.259 e. The number of carbonyl (C=O) groups excluding carboxylic acids is 2. The summed E-state index contributed by atoms with van der Waals surface area (Å²) < 4.78 is 0. The van der Waals surface area contributed by atoms with Gasteiger partial charge in [0.2, 0.25) is 5.91 Å². The summed E-state index contributed by atoms with van der Waals surface area (Å²) in [5, 5.41) is 3.08. The molecule has 0 fully saturated rings. The summed E-state index contributed by atoms with van der Waals surface area (Å²) in [5.41, 5.74) is 3.86. The van der Waals surface area contributed by atoms with Gasteiger partial charge in [-0.05, 0) is 38.0 Å². The lowest BCUT2D eigenvalue weighted by molar-refractivity contribution is -0.124. The molecule has 160 valence electrons. The van der Waals surface area contributed by atoms with Crippen LogP contribution in [0.4, 0.5) is 5.69 Å². The van der Waals surface area contributed by atoms with Gasteiger partial charge in [-0.15, -0.1) is 0 Å². The second kappa shape index (κ2) is 9.06. The molecule has 2 heterocycles. The highest BCUT2D eigenvalue weighted by Crippen LogP contribution is 2.35. The molecule has 31 heavy (non-hydrogen) atoms. The summed E-state index contributed by atoms with van der Waals surface area (Å²) in [6, 6.07) is 15.4. The first-order chi connectivity index (χ1) is 15.0. The van der Waals surface area contributed by atoms with Crippen molar-refractivity contribution >= 4 is 40.3 Å². The van der Waals surface area contributed by atoms with Gasteiger partial charge < -0.3 is 5.32 Å². The van der Waals surface area contributed by atoms with Crippen molar-refractivity contribution in [3.8, 4) is 0 Å². The number of carbonyl (C=O) groups is 2. The summed E-state index contributed by atoms with van der Waals surface area (Å²) in [5.74, 6) is 0.482. The molecule has 0 radical (unpaired) electrons. The molecule has 0 aromatic heterocycles. The van der Waals surface area contributed by atoms with Gasteiger partial charge >= 0.3 is 0 Å². The highest BCUT2D eigenvalue weighted by molar-refractivity contribution is 8.15. The lowest BCUT2D eigenvalue weighted by Gasteiger charge is -2.26. The molecule has 0 aliphatic carbocycles. The van der Waals surface area contributed by atoms with E-state index in [-0.39, 0.29) is 17.9 Å². The first kappa shape index (κ1) is 21.3. The number of nitrogens with zero attached hydrogens (tertiary/aromatic N) is 3. The van der Waals surface area contributed by atoms with Crippen LogP contribution in [0.25, 0.3) is 0 Å². The van der Waals surface area contributed by atoms with Crippen molar-refractivity contribution in [3.05, 3.63) is 65.2 Å². The van der Waals surface area contributed by atoms with Crippen LogP contribution in [0.3, 0.4) is 0 Å². The lowest BCUT2D eigenvalue weighted by Crippen LogP contribution is -2.42. The van der Waals surface area contributed by atoms with Crippen molar-refractivity contribution in [2.45, 2.75) is 51.4 Å². The molecule has 7 heteroatoms. The average molecular weight is 435 g/mol. The van der Waals surface area contributed by atoms with Crippen LogP contribution in [0.15, 0.2) is 58.5 Å². The molecule has 0 unspecified atom stereocenters. The molecule has 6 nitrogen and oxygen atoms in total. The Morgan fingerprint density at radius 2 is 1.94 bits per heavy atom. The van der Waals surface area contributed by atoms with E-state index in [1.54, 1.807) is 4.90 Å². The number of thioether (sulfide) groups is 1. The number of amides is 2. The quantitative estimate of drug-likeness (QED) is 0.741. The van der Waals surface area contributed by atoms with Crippen molar-refractivity contribution in [2.75, 3.05) is 0 Å². The smallest absolute Gasteiger partial charge is 0.259 e. The van der Waals surface area contributed by atoms with Gasteiger partial charge in [0.15, 0.2) is 5.17 Å². The standard InChI is InChI=1S/C24H26N4O2S/c1-4-7-20-23(30)28-21(26-20)18-8-5-6-9-19(18)27-24(28)31-16(3)22(29)25-14-17-12-10-15(2)11-13-17/h5-6,8-13,16,20H,4,7,14H2,1-3H3,(H,25,29)/t16-,20+/m1/s1. The molecule has 0 bridgehead atoms. The number of amidine groups is 2.